The van der Waals surface area contributed by atoms with E-state index in [2.05, 4.69) is 21.8 Å². The van der Waals surface area contributed by atoms with E-state index in [9.17, 15) is 13.2 Å². The van der Waals surface area contributed by atoms with Gasteiger partial charge < -0.3 is 10.2 Å². The number of sulfonamides is 1. The molecule has 0 saturated carbocycles. The lowest BCUT2D eigenvalue weighted by molar-refractivity contribution is -0.111. The lowest BCUT2D eigenvalue weighted by atomic mass is 10.3. The summed E-state index contributed by atoms with van der Waals surface area (Å²) in [6, 6.07) is 14.1. The van der Waals surface area contributed by atoms with Gasteiger partial charge in [-0.1, -0.05) is 30.0 Å². The lowest BCUT2D eigenvalue weighted by Crippen LogP contribution is -2.48. The van der Waals surface area contributed by atoms with Crippen molar-refractivity contribution in [2.24, 2.45) is 0 Å². The average molecular weight is 429 g/mol. The van der Waals surface area contributed by atoms with E-state index in [-0.39, 0.29) is 10.8 Å². The predicted molar refractivity (Wildman–Crippen MR) is 116 cm³/mol. The molecule has 7 nitrogen and oxygen atoms in total. The van der Waals surface area contributed by atoms with Crippen molar-refractivity contribution in [3.8, 4) is 0 Å². The number of piperazine rings is 1. The van der Waals surface area contributed by atoms with Gasteiger partial charge in [-0.15, -0.1) is 0 Å². The van der Waals surface area contributed by atoms with E-state index in [1.54, 1.807) is 23.5 Å². The van der Waals surface area contributed by atoms with Gasteiger partial charge in [-0.3, -0.25) is 4.79 Å². The van der Waals surface area contributed by atoms with Gasteiger partial charge in [0, 0.05) is 31.9 Å². The quantitative estimate of drug-likeness (QED) is 0.632. The summed E-state index contributed by atoms with van der Waals surface area (Å²) in [4.78, 5) is 18.3. The van der Waals surface area contributed by atoms with Gasteiger partial charge in [0.15, 0.2) is 5.13 Å². The Balaban J connectivity index is 1.44. The molecular formula is C20H20N4O3S2. The molecule has 0 bridgehead atoms. The lowest BCUT2D eigenvalue weighted by Gasteiger charge is -2.33. The number of nitrogens with one attached hydrogen (secondary N) is 1. The van der Waals surface area contributed by atoms with E-state index in [1.807, 2.05) is 24.3 Å². The molecular weight excluding hydrogens is 408 g/mol. The minimum absolute atomic E-state index is 0.211. The Hall–Kier alpha value is -2.75. The van der Waals surface area contributed by atoms with Crippen LogP contribution in [0.1, 0.15) is 0 Å². The summed E-state index contributed by atoms with van der Waals surface area (Å²) in [5, 5.41) is 3.53. The minimum Gasteiger partial charge on any atom is -0.345 e. The third kappa shape index (κ3) is 4.02. The van der Waals surface area contributed by atoms with Crippen LogP contribution >= 0.6 is 11.3 Å². The van der Waals surface area contributed by atoms with Crippen LogP contribution in [0.25, 0.3) is 10.2 Å². The maximum absolute atomic E-state index is 13.0. The number of rotatable bonds is 5. The zero-order chi connectivity index (χ0) is 20.4. The highest BCUT2D eigenvalue weighted by Crippen LogP contribution is 2.30. The third-order valence-electron chi connectivity index (χ3n) is 4.74. The number of thiazole rings is 1. The molecule has 1 amide bonds. The van der Waals surface area contributed by atoms with Crippen molar-refractivity contribution in [3.63, 3.8) is 0 Å². The maximum atomic E-state index is 13.0. The Morgan fingerprint density at radius 1 is 1.07 bits per heavy atom. The van der Waals surface area contributed by atoms with Crippen molar-refractivity contribution in [1.82, 2.24) is 9.29 Å². The minimum atomic E-state index is -3.59. The summed E-state index contributed by atoms with van der Waals surface area (Å²) < 4.78 is 28.5. The third-order valence-corrected chi connectivity index (χ3v) is 7.75. The predicted octanol–water partition coefficient (Wildman–Crippen LogP) is 2.93. The molecule has 2 heterocycles. The Labute approximate surface area is 173 Å². The fourth-order valence-corrected chi connectivity index (χ4v) is 5.61. The zero-order valence-corrected chi connectivity index (χ0v) is 17.2. The molecule has 0 unspecified atom stereocenters. The fourth-order valence-electron chi connectivity index (χ4n) is 3.17. The number of benzene rings is 2. The van der Waals surface area contributed by atoms with Gasteiger partial charge in [-0.2, -0.15) is 4.31 Å². The van der Waals surface area contributed by atoms with Gasteiger partial charge in [0.1, 0.15) is 0 Å². The van der Waals surface area contributed by atoms with E-state index in [4.69, 9.17) is 0 Å². The highest BCUT2D eigenvalue weighted by Gasteiger charge is 2.29. The van der Waals surface area contributed by atoms with E-state index in [1.165, 1.54) is 16.4 Å². The van der Waals surface area contributed by atoms with Crippen molar-refractivity contribution in [2.75, 3.05) is 36.4 Å². The standard InChI is InChI=1S/C20H20N4O3S2/c1-2-19(25)21-15-7-9-16(10-8-15)29(26,27)24-13-11-23(12-14-24)20-22-17-5-3-4-6-18(17)28-20/h2-10H,1,11-14H2,(H,21,25). The average Bonchev–Trinajstić information content (AvgIpc) is 3.18. The summed E-state index contributed by atoms with van der Waals surface area (Å²) in [6.07, 6.45) is 1.16. The molecule has 0 aliphatic carbocycles. The van der Waals surface area contributed by atoms with Gasteiger partial charge >= 0.3 is 0 Å². The molecule has 4 rings (SSSR count). The summed E-state index contributed by atoms with van der Waals surface area (Å²) in [6.45, 7) is 5.36. The van der Waals surface area contributed by atoms with E-state index in [0.717, 1.165) is 21.4 Å². The molecule has 1 N–H and O–H groups in total. The number of aromatic nitrogens is 1. The second-order valence-corrected chi connectivity index (χ2v) is 9.52. The first-order valence-corrected chi connectivity index (χ1v) is 11.4. The molecule has 0 radical (unpaired) electrons. The van der Waals surface area contributed by atoms with Crippen molar-refractivity contribution >= 4 is 48.3 Å². The van der Waals surface area contributed by atoms with Crippen molar-refractivity contribution in [1.29, 1.82) is 0 Å². The second-order valence-electron chi connectivity index (χ2n) is 6.57. The number of amides is 1. The van der Waals surface area contributed by atoms with E-state index < -0.39 is 10.0 Å². The first-order chi connectivity index (χ1) is 14.0. The molecule has 0 spiro atoms. The van der Waals surface area contributed by atoms with Crippen LogP contribution in [0.15, 0.2) is 66.1 Å². The Morgan fingerprint density at radius 2 is 1.76 bits per heavy atom. The Kier molecular flexibility index (Phi) is 5.35. The molecule has 2 aromatic carbocycles. The molecule has 29 heavy (non-hydrogen) atoms. The molecule has 1 fully saturated rings. The molecule has 9 heteroatoms. The van der Waals surface area contributed by atoms with Gasteiger partial charge in [-0.25, -0.2) is 13.4 Å². The molecule has 1 aromatic heterocycles. The number of hydrogen-bond donors (Lipinski definition) is 1. The van der Waals surface area contributed by atoms with Gasteiger partial charge in [-0.05, 0) is 42.5 Å². The number of para-hydroxylation sites is 1. The van der Waals surface area contributed by atoms with E-state index in [0.29, 0.717) is 31.9 Å². The van der Waals surface area contributed by atoms with Crippen molar-refractivity contribution in [3.05, 3.63) is 61.2 Å². The smallest absolute Gasteiger partial charge is 0.247 e. The Morgan fingerprint density at radius 3 is 2.41 bits per heavy atom. The van der Waals surface area contributed by atoms with Crippen molar-refractivity contribution < 1.29 is 13.2 Å². The second kappa shape index (κ2) is 7.94. The molecule has 0 atom stereocenters. The van der Waals surface area contributed by atoms with Gasteiger partial charge in [0.25, 0.3) is 0 Å². The normalized spacial score (nSPS) is 15.4. The summed E-state index contributed by atoms with van der Waals surface area (Å²) in [7, 11) is -3.59. The highest BCUT2D eigenvalue weighted by molar-refractivity contribution is 7.89. The first kappa shape index (κ1) is 19.6. The summed E-state index contributed by atoms with van der Waals surface area (Å²) >= 11 is 1.62. The number of carbonyl (C=O) groups excluding carboxylic acids is 1. The van der Waals surface area contributed by atoms with Crippen LogP contribution in [-0.2, 0) is 14.8 Å². The van der Waals surface area contributed by atoms with E-state index >= 15 is 0 Å². The number of carbonyl (C=O) groups is 1. The summed E-state index contributed by atoms with van der Waals surface area (Å²) in [5.74, 6) is -0.341. The van der Waals surface area contributed by atoms with Crippen molar-refractivity contribution in [2.45, 2.75) is 4.90 Å². The summed E-state index contributed by atoms with van der Waals surface area (Å²) in [5.41, 5.74) is 1.49. The van der Waals surface area contributed by atoms with Crippen LogP contribution in [0.3, 0.4) is 0 Å². The van der Waals surface area contributed by atoms with Crippen LogP contribution in [0.5, 0.6) is 0 Å². The SMILES string of the molecule is C=CC(=O)Nc1ccc(S(=O)(=O)N2CCN(c3nc4ccccc4s3)CC2)cc1. The van der Waals surface area contributed by atoms with Crippen LogP contribution in [0, 0.1) is 0 Å². The molecule has 1 aliphatic rings. The monoisotopic (exact) mass is 428 g/mol. The Bertz CT molecular complexity index is 1110. The highest BCUT2D eigenvalue weighted by atomic mass is 32.2. The van der Waals surface area contributed by atoms with Crippen LogP contribution in [0.4, 0.5) is 10.8 Å². The number of hydrogen-bond acceptors (Lipinski definition) is 6. The molecule has 1 aliphatic heterocycles. The number of nitrogens with zero attached hydrogens (tertiary/aromatic N) is 3. The van der Waals surface area contributed by atoms with Gasteiger partial charge in [0.2, 0.25) is 15.9 Å². The number of fused-ring (bicyclic) bond motifs is 1. The molecule has 150 valence electrons. The van der Waals surface area contributed by atoms with Gasteiger partial charge in [0.05, 0.1) is 15.1 Å². The molecule has 1 saturated heterocycles. The number of anilines is 2. The maximum Gasteiger partial charge on any atom is 0.247 e. The van der Waals surface area contributed by atoms with Crippen LogP contribution in [-0.4, -0.2) is 49.8 Å². The fraction of sp³-hybridized carbons (Fsp3) is 0.200. The molecule has 3 aromatic rings. The first-order valence-electron chi connectivity index (χ1n) is 9.11. The largest absolute Gasteiger partial charge is 0.345 e. The topological polar surface area (TPSA) is 82.6 Å². The van der Waals surface area contributed by atoms with Crippen LogP contribution in [0.2, 0.25) is 0 Å². The van der Waals surface area contributed by atoms with Crippen LogP contribution < -0.4 is 10.2 Å². The zero-order valence-electron chi connectivity index (χ0n) is 15.6.